The van der Waals surface area contributed by atoms with Crippen molar-refractivity contribution in [2.24, 2.45) is 0 Å². The first kappa shape index (κ1) is 13.0. The zero-order valence-corrected chi connectivity index (χ0v) is 11.6. The summed E-state index contributed by atoms with van der Waals surface area (Å²) in [4.78, 5) is 11.7. The van der Waals surface area contributed by atoms with Gasteiger partial charge in [0.25, 0.3) is 0 Å². The Balaban J connectivity index is 1.98. The van der Waals surface area contributed by atoms with E-state index >= 15 is 0 Å². The lowest BCUT2D eigenvalue weighted by Gasteiger charge is -2.05. The number of carbonyl (C=O) groups is 1. The molecular formula is C14H10FIO2. The summed E-state index contributed by atoms with van der Waals surface area (Å²) < 4.78 is 19.4. The van der Waals surface area contributed by atoms with Crippen LogP contribution in [0.2, 0.25) is 0 Å². The van der Waals surface area contributed by atoms with Crippen LogP contribution in [0.15, 0.2) is 48.5 Å². The second kappa shape index (κ2) is 5.95. The molecule has 18 heavy (non-hydrogen) atoms. The fourth-order valence-electron chi connectivity index (χ4n) is 1.42. The van der Waals surface area contributed by atoms with Crippen molar-refractivity contribution in [2.75, 3.05) is 6.61 Å². The quantitative estimate of drug-likeness (QED) is 0.617. The smallest absolute Gasteiger partial charge is 0.200 e. The van der Waals surface area contributed by atoms with E-state index in [0.717, 1.165) is 3.57 Å². The Morgan fingerprint density at radius 3 is 2.56 bits per heavy atom. The van der Waals surface area contributed by atoms with Gasteiger partial charge in [-0.15, -0.1) is 0 Å². The number of Topliss-reactive ketones (excluding diaryl/α,β-unsaturated/α-hetero) is 1. The Morgan fingerprint density at radius 1 is 1.17 bits per heavy atom. The van der Waals surface area contributed by atoms with Gasteiger partial charge in [-0.1, -0.05) is 12.1 Å². The van der Waals surface area contributed by atoms with Gasteiger partial charge < -0.3 is 4.74 Å². The number of benzene rings is 2. The average Bonchev–Trinajstić information content (AvgIpc) is 2.38. The highest BCUT2D eigenvalue weighted by Gasteiger charge is 2.07. The van der Waals surface area contributed by atoms with Crippen LogP contribution < -0.4 is 4.74 Å². The molecular weight excluding hydrogens is 346 g/mol. The average molecular weight is 356 g/mol. The van der Waals surface area contributed by atoms with E-state index in [1.165, 1.54) is 18.2 Å². The molecule has 0 saturated heterocycles. The largest absolute Gasteiger partial charge is 0.485 e. The summed E-state index contributed by atoms with van der Waals surface area (Å²) in [5, 5.41) is 0. The minimum absolute atomic E-state index is 0.0932. The van der Waals surface area contributed by atoms with Gasteiger partial charge in [-0.25, -0.2) is 4.39 Å². The molecule has 0 atom stereocenters. The first-order valence-electron chi connectivity index (χ1n) is 5.32. The van der Waals surface area contributed by atoms with E-state index in [4.69, 9.17) is 4.74 Å². The lowest BCUT2D eigenvalue weighted by atomic mass is 10.1. The standard InChI is InChI=1S/C14H10FIO2/c15-11-3-1-2-10(8-11)14(17)9-18-13-6-4-12(16)5-7-13/h1-8H,9H2. The molecule has 0 unspecified atom stereocenters. The van der Waals surface area contributed by atoms with Gasteiger partial charge in [-0.05, 0) is 59.0 Å². The maximum Gasteiger partial charge on any atom is 0.200 e. The van der Waals surface area contributed by atoms with Crippen LogP contribution in [0.4, 0.5) is 4.39 Å². The SMILES string of the molecule is O=C(COc1ccc(I)cc1)c1cccc(F)c1. The molecule has 0 saturated carbocycles. The molecule has 0 aromatic heterocycles. The van der Waals surface area contributed by atoms with Gasteiger partial charge in [-0.3, -0.25) is 4.79 Å². The molecule has 4 heteroatoms. The monoisotopic (exact) mass is 356 g/mol. The zero-order valence-electron chi connectivity index (χ0n) is 9.40. The number of carbonyl (C=O) groups excluding carboxylic acids is 1. The van der Waals surface area contributed by atoms with E-state index in [9.17, 15) is 9.18 Å². The van der Waals surface area contributed by atoms with Crippen LogP contribution in [0.25, 0.3) is 0 Å². The van der Waals surface area contributed by atoms with Crippen molar-refractivity contribution < 1.29 is 13.9 Å². The molecule has 0 N–H and O–H groups in total. The Labute approximate surface area is 118 Å². The topological polar surface area (TPSA) is 26.3 Å². The minimum atomic E-state index is -0.421. The second-order valence-electron chi connectivity index (χ2n) is 3.68. The van der Waals surface area contributed by atoms with Gasteiger partial charge in [0.15, 0.2) is 12.4 Å². The summed E-state index contributed by atoms with van der Waals surface area (Å²) in [5.74, 6) is -0.0386. The predicted molar refractivity (Wildman–Crippen MR) is 75.4 cm³/mol. The first-order valence-corrected chi connectivity index (χ1v) is 6.40. The van der Waals surface area contributed by atoms with E-state index in [1.54, 1.807) is 18.2 Å². The maximum atomic E-state index is 12.9. The summed E-state index contributed by atoms with van der Waals surface area (Å²) in [6, 6.07) is 13.0. The van der Waals surface area contributed by atoms with E-state index in [1.807, 2.05) is 12.1 Å². The number of hydrogen-bond donors (Lipinski definition) is 0. The zero-order chi connectivity index (χ0) is 13.0. The summed E-state index contributed by atoms with van der Waals surface area (Å²) in [6.45, 7) is -0.0932. The molecule has 0 aliphatic rings. The highest BCUT2D eigenvalue weighted by atomic mass is 127. The number of ether oxygens (including phenoxy) is 1. The van der Waals surface area contributed by atoms with Crippen molar-refractivity contribution in [2.45, 2.75) is 0 Å². The third-order valence-corrected chi connectivity index (χ3v) is 3.05. The van der Waals surface area contributed by atoms with E-state index in [2.05, 4.69) is 22.6 Å². The third-order valence-electron chi connectivity index (χ3n) is 2.33. The van der Waals surface area contributed by atoms with Crippen LogP contribution in [0.1, 0.15) is 10.4 Å². The Morgan fingerprint density at radius 2 is 1.89 bits per heavy atom. The highest BCUT2D eigenvalue weighted by Crippen LogP contribution is 2.14. The molecule has 0 aliphatic heterocycles. The second-order valence-corrected chi connectivity index (χ2v) is 4.92. The summed E-state index contributed by atoms with van der Waals surface area (Å²) in [6.07, 6.45) is 0. The molecule has 0 radical (unpaired) electrons. The number of rotatable bonds is 4. The first-order chi connectivity index (χ1) is 8.65. The molecule has 92 valence electrons. The summed E-state index contributed by atoms with van der Waals surface area (Å²) in [5.41, 5.74) is 0.320. The van der Waals surface area contributed by atoms with E-state index < -0.39 is 5.82 Å². The molecule has 0 spiro atoms. The Kier molecular flexibility index (Phi) is 4.30. The molecule has 2 aromatic rings. The number of halogens is 2. The molecule has 0 fully saturated rings. The van der Waals surface area contributed by atoms with E-state index in [-0.39, 0.29) is 12.4 Å². The fourth-order valence-corrected chi connectivity index (χ4v) is 1.78. The molecule has 0 bridgehead atoms. The van der Waals surface area contributed by atoms with Crippen LogP contribution in [-0.2, 0) is 0 Å². The fraction of sp³-hybridized carbons (Fsp3) is 0.0714. The van der Waals surface area contributed by atoms with E-state index in [0.29, 0.717) is 11.3 Å². The number of hydrogen-bond acceptors (Lipinski definition) is 2. The highest BCUT2D eigenvalue weighted by molar-refractivity contribution is 14.1. The van der Waals surface area contributed by atoms with Gasteiger partial charge in [0.1, 0.15) is 11.6 Å². The van der Waals surface area contributed by atoms with Crippen LogP contribution >= 0.6 is 22.6 Å². The molecule has 2 rings (SSSR count). The van der Waals surface area contributed by atoms with Crippen molar-refractivity contribution in [1.29, 1.82) is 0 Å². The number of ketones is 1. The lowest BCUT2D eigenvalue weighted by molar-refractivity contribution is 0.0921. The molecule has 0 aliphatic carbocycles. The molecule has 2 nitrogen and oxygen atoms in total. The van der Waals surface area contributed by atoms with Crippen LogP contribution in [0, 0.1) is 9.39 Å². The summed E-state index contributed by atoms with van der Waals surface area (Å²) >= 11 is 2.19. The minimum Gasteiger partial charge on any atom is -0.485 e. The molecule has 2 aromatic carbocycles. The van der Waals surface area contributed by atoms with Crippen LogP contribution in [0.3, 0.4) is 0 Å². The van der Waals surface area contributed by atoms with Crippen LogP contribution in [-0.4, -0.2) is 12.4 Å². The third kappa shape index (κ3) is 3.53. The predicted octanol–water partition coefficient (Wildman–Crippen LogP) is 3.69. The molecule has 0 amide bonds. The van der Waals surface area contributed by atoms with Gasteiger partial charge in [-0.2, -0.15) is 0 Å². The Hall–Kier alpha value is -1.43. The normalized spacial score (nSPS) is 10.1. The van der Waals surface area contributed by atoms with Crippen molar-refractivity contribution in [3.63, 3.8) is 0 Å². The van der Waals surface area contributed by atoms with Crippen LogP contribution in [0.5, 0.6) is 5.75 Å². The van der Waals surface area contributed by atoms with Gasteiger partial charge >= 0.3 is 0 Å². The van der Waals surface area contributed by atoms with Crippen molar-refractivity contribution in [3.05, 3.63) is 63.5 Å². The lowest BCUT2D eigenvalue weighted by Crippen LogP contribution is -2.11. The van der Waals surface area contributed by atoms with Gasteiger partial charge in [0, 0.05) is 9.13 Å². The van der Waals surface area contributed by atoms with Crippen molar-refractivity contribution in [3.8, 4) is 5.75 Å². The van der Waals surface area contributed by atoms with Gasteiger partial charge in [0.2, 0.25) is 0 Å². The maximum absolute atomic E-state index is 12.9. The Bertz CT molecular complexity index is 552. The van der Waals surface area contributed by atoms with Gasteiger partial charge in [0.05, 0.1) is 0 Å². The van der Waals surface area contributed by atoms with Crippen molar-refractivity contribution >= 4 is 28.4 Å². The van der Waals surface area contributed by atoms with Crippen molar-refractivity contribution in [1.82, 2.24) is 0 Å². The summed E-state index contributed by atoms with van der Waals surface area (Å²) in [7, 11) is 0. The molecule has 0 heterocycles.